The molecule has 0 amide bonds. The lowest BCUT2D eigenvalue weighted by molar-refractivity contribution is 0.190. The first-order valence-corrected chi connectivity index (χ1v) is 8.67. The summed E-state index contributed by atoms with van der Waals surface area (Å²) in [5.74, 6) is 0.684. The van der Waals surface area contributed by atoms with Gasteiger partial charge in [0, 0.05) is 45.7 Å². The van der Waals surface area contributed by atoms with E-state index >= 15 is 0 Å². The Kier molecular flexibility index (Phi) is 4.80. The van der Waals surface area contributed by atoms with E-state index in [-0.39, 0.29) is 11.2 Å². The van der Waals surface area contributed by atoms with Gasteiger partial charge >= 0.3 is 5.69 Å². The van der Waals surface area contributed by atoms with Crippen LogP contribution in [0.1, 0.15) is 31.9 Å². The highest BCUT2D eigenvalue weighted by atomic mass is 16.5. The Bertz CT molecular complexity index is 1020. The molecule has 136 valence electrons. The van der Waals surface area contributed by atoms with Crippen molar-refractivity contribution in [2.24, 2.45) is 7.05 Å². The first kappa shape index (κ1) is 17.5. The maximum atomic E-state index is 12.9. The number of unbranched alkanes of at least 4 members (excludes halogenated alkanes) is 1. The molecule has 0 spiro atoms. The molecule has 0 saturated heterocycles. The number of aromatic nitrogens is 5. The molecule has 25 heavy (non-hydrogen) atoms. The van der Waals surface area contributed by atoms with Gasteiger partial charge in [0.05, 0.1) is 0 Å². The summed E-state index contributed by atoms with van der Waals surface area (Å²) in [6.45, 7) is 5.86. The molecule has 0 aromatic carbocycles. The standard InChI is InChI=1S/C17H25N5O3/c1-5-6-8-21-15(23)13-14(19(3)17(21)24)18-16-20(9-7-10-25-4)12(2)11-22(13)16/h11H,5-10H2,1-4H3. The van der Waals surface area contributed by atoms with Gasteiger partial charge in [0.1, 0.15) is 0 Å². The second kappa shape index (κ2) is 6.87. The molecule has 0 saturated carbocycles. The third kappa shape index (κ3) is 2.80. The number of rotatable bonds is 7. The maximum Gasteiger partial charge on any atom is 0.332 e. The van der Waals surface area contributed by atoms with E-state index in [4.69, 9.17) is 4.74 Å². The first-order valence-electron chi connectivity index (χ1n) is 8.67. The van der Waals surface area contributed by atoms with Crippen molar-refractivity contribution in [2.45, 2.75) is 46.2 Å². The van der Waals surface area contributed by atoms with Crippen LogP contribution in [0.15, 0.2) is 15.8 Å². The van der Waals surface area contributed by atoms with E-state index in [2.05, 4.69) is 9.55 Å². The molecule has 0 aliphatic heterocycles. The van der Waals surface area contributed by atoms with Gasteiger partial charge in [-0.3, -0.25) is 18.3 Å². The fourth-order valence-corrected chi connectivity index (χ4v) is 3.21. The van der Waals surface area contributed by atoms with Gasteiger partial charge in [0.25, 0.3) is 5.56 Å². The molecule has 3 rings (SSSR count). The van der Waals surface area contributed by atoms with Crippen LogP contribution in [0.25, 0.3) is 16.9 Å². The molecular formula is C17H25N5O3. The zero-order chi connectivity index (χ0) is 18.1. The maximum absolute atomic E-state index is 12.9. The van der Waals surface area contributed by atoms with E-state index in [0.717, 1.165) is 31.5 Å². The molecule has 0 atom stereocenters. The Labute approximate surface area is 145 Å². The van der Waals surface area contributed by atoms with Crippen molar-refractivity contribution in [3.63, 3.8) is 0 Å². The lowest BCUT2D eigenvalue weighted by atomic mass is 10.3. The highest BCUT2D eigenvalue weighted by Crippen LogP contribution is 2.16. The van der Waals surface area contributed by atoms with Crippen LogP contribution in [0.4, 0.5) is 0 Å². The number of methoxy groups -OCH3 is 1. The average molecular weight is 347 g/mol. The minimum atomic E-state index is -0.311. The topological polar surface area (TPSA) is 75.5 Å². The molecule has 3 aromatic heterocycles. The van der Waals surface area contributed by atoms with E-state index < -0.39 is 0 Å². The fourth-order valence-electron chi connectivity index (χ4n) is 3.21. The Morgan fingerprint density at radius 1 is 1.16 bits per heavy atom. The monoisotopic (exact) mass is 347 g/mol. The van der Waals surface area contributed by atoms with E-state index in [0.29, 0.717) is 30.1 Å². The van der Waals surface area contributed by atoms with Gasteiger partial charge in [-0.2, -0.15) is 4.98 Å². The summed E-state index contributed by atoms with van der Waals surface area (Å²) >= 11 is 0. The van der Waals surface area contributed by atoms with Crippen LogP contribution in [0.2, 0.25) is 0 Å². The van der Waals surface area contributed by atoms with Crippen LogP contribution in [0.5, 0.6) is 0 Å². The molecule has 8 nitrogen and oxygen atoms in total. The predicted molar refractivity (Wildman–Crippen MR) is 96.3 cm³/mol. The molecule has 8 heteroatoms. The van der Waals surface area contributed by atoms with Crippen molar-refractivity contribution in [2.75, 3.05) is 13.7 Å². The largest absolute Gasteiger partial charge is 0.385 e. The van der Waals surface area contributed by atoms with Crippen molar-refractivity contribution in [3.05, 3.63) is 32.7 Å². The highest BCUT2D eigenvalue weighted by molar-refractivity contribution is 5.75. The van der Waals surface area contributed by atoms with Gasteiger partial charge in [0.2, 0.25) is 5.78 Å². The molecule has 0 unspecified atom stereocenters. The summed E-state index contributed by atoms with van der Waals surface area (Å²) in [7, 11) is 3.34. The average Bonchev–Trinajstić information content (AvgIpc) is 3.09. The quantitative estimate of drug-likeness (QED) is 0.604. The minimum absolute atomic E-state index is 0.270. The first-order chi connectivity index (χ1) is 12.0. The number of hydrogen-bond donors (Lipinski definition) is 0. The van der Waals surface area contributed by atoms with Crippen LogP contribution in [-0.2, 0) is 24.9 Å². The summed E-state index contributed by atoms with van der Waals surface area (Å²) < 4.78 is 11.8. The van der Waals surface area contributed by atoms with Gasteiger partial charge in [-0.1, -0.05) is 13.3 Å². The fraction of sp³-hybridized carbons (Fsp3) is 0.588. The Morgan fingerprint density at radius 2 is 1.88 bits per heavy atom. The molecule has 0 fully saturated rings. The molecule has 0 aliphatic carbocycles. The molecule has 0 aliphatic rings. The Balaban J connectivity index is 2.25. The normalized spacial score (nSPS) is 11.8. The third-order valence-corrected chi connectivity index (χ3v) is 4.61. The van der Waals surface area contributed by atoms with Crippen molar-refractivity contribution >= 4 is 16.9 Å². The van der Waals surface area contributed by atoms with Crippen molar-refractivity contribution in [3.8, 4) is 0 Å². The van der Waals surface area contributed by atoms with Crippen LogP contribution >= 0.6 is 0 Å². The molecule has 0 radical (unpaired) electrons. The third-order valence-electron chi connectivity index (χ3n) is 4.61. The number of hydrogen-bond acceptors (Lipinski definition) is 4. The van der Waals surface area contributed by atoms with Crippen molar-refractivity contribution in [1.29, 1.82) is 0 Å². The SMILES string of the molecule is CCCCn1c(=O)c2c(nc3n(CCCOC)c(C)cn23)n(C)c1=O. The van der Waals surface area contributed by atoms with E-state index in [9.17, 15) is 9.59 Å². The van der Waals surface area contributed by atoms with E-state index in [1.54, 1.807) is 14.2 Å². The number of ether oxygens (including phenoxy) is 1. The molecule has 3 aromatic rings. The minimum Gasteiger partial charge on any atom is -0.385 e. The molecule has 0 N–H and O–H groups in total. The van der Waals surface area contributed by atoms with Gasteiger partial charge in [-0.15, -0.1) is 0 Å². The van der Waals surface area contributed by atoms with Crippen molar-refractivity contribution in [1.82, 2.24) is 23.1 Å². The van der Waals surface area contributed by atoms with Gasteiger partial charge in [-0.05, 0) is 19.8 Å². The Hall–Kier alpha value is -2.35. The zero-order valence-electron chi connectivity index (χ0n) is 15.3. The summed E-state index contributed by atoms with van der Waals surface area (Å²) in [4.78, 5) is 30.0. The second-order valence-corrected chi connectivity index (χ2v) is 6.37. The highest BCUT2D eigenvalue weighted by Gasteiger charge is 2.19. The molecular weight excluding hydrogens is 322 g/mol. The van der Waals surface area contributed by atoms with E-state index in [1.807, 2.05) is 24.4 Å². The van der Waals surface area contributed by atoms with E-state index in [1.165, 1.54) is 9.13 Å². The van der Waals surface area contributed by atoms with Gasteiger partial charge < -0.3 is 9.30 Å². The van der Waals surface area contributed by atoms with Gasteiger partial charge in [-0.25, -0.2) is 4.79 Å². The van der Waals surface area contributed by atoms with Crippen LogP contribution < -0.4 is 11.2 Å². The summed E-state index contributed by atoms with van der Waals surface area (Å²) in [6.07, 6.45) is 4.47. The number of nitrogens with zero attached hydrogens (tertiary/aromatic N) is 5. The smallest absolute Gasteiger partial charge is 0.332 e. The molecule has 0 bridgehead atoms. The summed E-state index contributed by atoms with van der Waals surface area (Å²) in [5.41, 5.74) is 1.33. The van der Waals surface area contributed by atoms with Crippen LogP contribution in [0.3, 0.4) is 0 Å². The number of aryl methyl sites for hydroxylation is 3. The lowest BCUT2D eigenvalue weighted by Gasteiger charge is -2.07. The zero-order valence-corrected chi connectivity index (χ0v) is 15.3. The predicted octanol–water partition coefficient (Wildman–Crippen LogP) is 1.29. The number of imidazole rings is 2. The van der Waals surface area contributed by atoms with Gasteiger partial charge in [0.15, 0.2) is 11.2 Å². The lowest BCUT2D eigenvalue weighted by Crippen LogP contribution is -2.39. The number of fused-ring (bicyclic) bond motifs is 3. The van der Waals surface area contributed by atoms with Crippen molar-refractivity contribution < 1.29 is 4.74 Å². The Morgan fingerprint density at radius 3 is 2.56 bits per heavy atom. The van der Waals surface area contributed by atoms with Crippen LogP contribution in [0, 0.1) is 6.92 Å². The summed E-state index contributed by atoms with van der Waals surface area (Å²) in [5, 5.41) is 0. The second-order valence-electron chi connectivity index (χ2n) is 6.37. The summed E-state index contributed by atoms with van der Waals surface area (Å²) in [6, 6.07) is 0. The van der Waals surface area contributed by atoms with Crippen LogP contribution in [-0.4, -0.2) is 36.8 Å². The molecule has 3 heterocycles.